The average molecular weight is 153 g/mol. The zero-order valence-corrected chi connectivity index (χ0v) is 6.55. The van der Waals surface area contributed by atoms with Crippen LogP contribution in [0.25, 0.3) is 0 Å². The van der Waals surface area contributed by atoms with E-state index in [2.05, 4.69) is 0 Å². The maximum Gasteiger partial charge on any atom is 0.109 e. The molecule has 1 rings (SSSR count). The maximum atomic E-state index is 12.1. The second-order valence-electron chi connectivity index (χ2n) is 2.67. The van der Waals surface area contributed by atoms with Crippen LogP contribution in [0.4, 0.5) is 4.39 Å². The third-order valence-corrected chi connectivity index (χ3v) is 1.64. The number of aryl methyl sites for hydroxylation is 1. The van der Waals surface area contributed by atoms with Crippen molar-refractivity contribution in [1.29, 1.82) is 0 Å². The Morgan fingerprint density at radius 3 is 2.82 bits per heavy atom. The third kappa shape index (κ3) is 2.02. The van der Waals surface area contributed by atoms with Crippen molar-refractivity contribution in [2.24, 2.45) is 5.73 Å². The molecule has 0 saturated carbocycles. The lowest BCUT2D eigenvalue weighted by atomic mass is 10.1. The van der Waals surface area contributed by atoms with Crippen molar-refractivity contribution >= 4 is 0 Å². The molecule has 1 unspecified atom stereocenters. The Hall–Kier alpha value is -0.890. The molecule has 11 heavy (non-hydrogen) atoms. The summed E-state index contributed by atoms with van der Waals surface area (Å²) in [5, 5.41) is 0. The standard InChI is InChI=1S/C9H12FN/c1-7-3-2-4-8(5-7)9(11)6-10/h2-5,9H,6,11H2,1H3. The first-order chi connectivity index (χ1) is 5.24. The van der Waals surface area contributed by atoms with Gasteiger partial charge in [-0.3, -0.25) is 0 Å². The lowest BCUT2D eigenvalue weighted by molar-refractivity contribution is 0.437. The van der Waals surface area contributed by atoms with E-state index in [0.717, 1.165) is 11.1 Å². The van der Waals surface area contributed by atoms with Gasteiger partial charge in [-0.15, -0.1) is 0 Å². The van der Waals surface area contributed by atoms with Crippen LogP contribution in [-0.4, -0.2) is 6.67 Å². The molecule has 0 aliphatic heterocycles. The molecule has 0 aliphatic rings. The predicted molar refractivity (Wildman–Crippen MR) is 44.1 cm³/mol. The first kappa shape index (κ1) is 8.21. The Labute approximate surface area is 66.0 Å². The number of halogens is 1. The van der Waals surface area contributed by atoms with Crippen molar-refractivity contribution < 1.29 is 4.39 Å². The minimum absolute atomic E-state index is 0.463. The Morgan fingerprint density at radius 1 is 1.55 bits per heavy atom. The van der Waals surface area contributed by atoms with E-state index in [1.165, 1.54) is 0 Å². The van der Waals surface area contributed by atoms with Gasteiger partial charge in [0.05, 0.1) is 6.04 Å². The molecule has 2 N–H and O–H groups in total. The highest BCUT2D eigenvalue weighted by atomic mass is 19.1. The quantitative estimate of drug-likeness (QED) is 0.690. The lowest BCUT2D eigenvalue weighted by Gasteiger charge is -2.06. The zero-order chi connectivity index (χ0) is 8.27. The van der Waals surface area contributed by atoms with Crippen LogP contribution in [0.2, 0.25) is 0 Å². The van der Waals surface area contributed by atoms with Gasteiger partial charge >= 0.3 is 0 Å². The molecule has 0 radical (unpaired) electrons. The van der Waals surface area contributed by atoms with Gasteiger partial charge < -0.3 is 5.73 Å². The number of alkyl halides is 1. The van der Waals surface area contributed by atoms with Gasteiger partial charge in [0.15, 0.2) is 0 Å². The van der Waals surface area contributed by atoms with Gasteiger partial charge in [0.25, 0.3) is 0 Å². The second kappa shape index (κ2) is 3.49. The van der Waals surface area contributed by atoms with E-state index in [1.54, 1.807) is 0 Å². The molecular formula is C9H12FN. The van der Waals surface area contributed by atoms with Gasteiger partial charge in [0.1, 0.15) is 6.67 Å². The molecule has 0 saturated heterocycles. The molecular weight excluding hydrogens is 141 g/mol. The summed E-state index contributed by atoms with van der Waals surface area (Å²) in [7, 11) is 0. The van der Waals surface area contributed by atoms with Crippen molar-refractivity contribution in [1.82, 2.24) is 0 Å². The van der Waals surface area contributed by atoms with E-state index in [9.17, 15) is 4.39 Å². The Kier molecular flexibility index (Phi) is 2.60. The van der Waals surface area contributed by atoms with E-state index < -0.39 is 12.7 Å². The summed E-state index contributed by atoms with van der Waals surface area (Å²) in [6.07, 6.45) is 0. The smallest absolute Gasteiger partial charge is 0.109 e. The van der Waals surface area contributed by atoms with Crippen LogP contribution in [0.15, 0.2) is 24.3 Å². The molecule has 1 atom stereocenters. The van der Waals surface area contributed by atoms with E-state index in [0.29, 0.717) is 0 Å². The summed E-state index contributed by atoms with van der Waals surface area (Å²) < 4.78 is 12.1. The molecule has 1 nitrogen and oxygen atoms in total. The van der Waals surface area contributed by atoms with Gasteiger partial charge in [-0.25, -0.2) is 4.39 Å². The van der Waals surface area contributed by atoms with Crippen LogP contribution >= 0.6 is 0 Å². The molecule has 1 aromatic rings. The van der Waals surface area contributed by atoms with Gasteiger partial charge in [0, 0.05) is 0 Å². The van der Waals surface area contributed by atoms with Crippen molar-refractivity contribution in [3.05, 3.63) is 35.4 Å². The normalized spacial score (nSPS) is 13.0. The molecule has 1 aromatic carbocycles. The fourth-order valence-corrected chi connectivity index (χ4v) is 0.990. The number of hydrogen-bond donors (Lipinski definition) is 1. The number of benzene rings is 1. The van der Waals surface area contributed by atoms with E-state index >= 15 is 0 Å². The van der Waals surface area contributed by atoms with Crippen LogP contribution in [0, 0.1) is 6.92 Å². The zero-order valence-electron chi connectivity index (χ0n) is 6.55. The topological polar surface area (TPSA) is 26.0 Å². The molecule has 0 spiro atoms. The minimum Gasteiger partial charge on any atom is -0.322 e. The van der Waals surface area contributed by atoms with E-state index in [-0.39, 0.29) is 0 Å². The highest BCUT2D eigenvalue weighted by Crippen LogP contribution is 2.11. The number of nitrogens with two attached hydrogens (primary N) is 1. The first-order valence-electron chi connectivity index (χ1n) is 3.62. The fourth-order valence-electron chi connectivity index (χ4n) is 0.990. The second-order valence-corrected chi connectivity index (χ2v) is 2.67. The van der Waals surface area contributed by atoms with Gasteiger partial charge in [0.2, 0.25) is 0 Å². The van der Waals surface area contributed by atoms with Crippen LogP contribution in [0.1, 0.15) is 17.2 Å². The maximum absolute atomic E-state index is 12.1. The minimum atomic E-state index is -0.497. The first-order valence-corrected chi connectivity index (χ1v) is 3.62. The van der Waals surface area contributed by atoms with Crippen molar-refractivity contribution in [3.63, 3.8) is 0 Å². The van der Waals surface area contributed by atoms with E-state index in [4.69, 9.17) is 5.73 Å². The molecule has 2 heteroatoms. The van der Waals surface area contributed by atoms with Crippen molar-refractivity contribution in [3.8, 4) is 0 Å². The highest BCUT2D eigenvalue weighted by Gasteiger charge is 2.03. The Balaban J connectivity index is 2.86. The fraction of sp³-hybridized carbons (Fsp3) is 0.333. The van der Waals surface area contributed by atoms with Crippen LogP contribution in [0.5, 0.6) is 0 Å². The molecule has 60 valence electrons. The SMILES string of the molecule is Cc1cccc(C(N)CF)c1. The summed E-state index contributed by atoms with van der Waals surface area (Å²) in [6, 6.07) is 7.14. The molecule has 0 heterocycles. The summed E-state index contributed by atoms with van der Waals surface area (Å²) in [5.74, 6) is 0. The monoisotopic (exact) mass is 153 g/mol. The van der Waals surface area contributed by atoms with Gasteiger partial charge in [-0.05, 0) is 12.5 Å². The molecule has 0 amide bonds. The van der Waals surface area contributed by atoms with Crippen LogP contribution in [-0.2, 0) is 0 Å². The number of hydrogen-bond acceptors (Lipinski definition) is 1. The molecule has 0 aromatic heterocycles. The predicted octanol–water partition coefficient (Wildman–Crippen LogP) is 1.96. The molecule has 0 aliphatic carbocycles. The van der Waals surface area contributed by atoms with Gasteiger partial charge in [-0.1, -0.05) is 29.8 Å². The molecule has 0 bridgehead atoms. The average Bonchev–Trinajstić information content (AvgIpc) is 2.03. The Morgan fingerprint density at radius 2 is 2.27 bits per heavy atom. The van der Waals surface area contributed by atoms with Crippen molar-refractivity contribution in [2.75, 3.05) is 6.67 Å². The van der Waals surface area contributed by atoms with Crippen molar-refractivity contribution in [2.45, 2.75) is 13.0 Å². The molecule has 0 fully saturated rings. The Bertz CT molecular complexity index is 235. The largest absolute Gasteiger partial charge is 0.322 e. The van der Waals surface area contributed by atoms with Gasteiger partial charge in [-0.2, -0.15) is 0 Å². The highest BCUT2D eigenvalue weighted by molar-refractivity contribution is 5.24. The summed E-state index contributed by atoms with van der Waals surface area (Å²) in [6.45, 7) is 1.47. The number of rotatable bonds is 2. The van der Waals surface area contributed by atoms with Crippen LogP contribution in [0.3, 0.4) is 0 Å². The van der Waals surface area contributed by atoms with E-state index in [1.807, 2.05) is 31.2 Å². The van der Waals surface area contributed by atoms with Crippen LogP contribution < -0.4 is 5.73 Å². The lowest BCUT2D eigenvalue weighted by Crippen LogP contribution is -2.11. The summed E-state index contributed by atoms with van der Waals surface area (Å²) in [5.41, 5.74) is 7.47. The summed E-state index contributed by atoms with van der Waals surface area (Å²) in [4.78, 5) is 0. The third-order valence-electron chi connectivity index (χ3n) is 1.64. The summed E-state index contributed by atoms with van der Waals surface area (Å²) >= 11 is 0.